The Bertz CT molecular complexity index is 1300. The maximum Gasteiger partial charge on any atom is 0.410 e. The van der Waals surface area contributed by atoms with Gasteiger partial charge in [0.05, 0.1) is 17.8 Å². The number of hydrogen-bond donors (Lipinski definition) is 0. The van der Waals surface area contributed by atoms with E-state index in [2.05, 4.69) is 34.3 Å². The molecule has 2 aromatic rings. The molecular formula is C30H38N6O4S. The fourth-order valence-electron chi connectivity index (χ4n) is 6.42. The summed E-state index contributed by atoms with van der Waals surface area (Å²) in [4.78, 5) is 51.0. The van der Waals surface area contributed by atoms with Crippen LogP contribution in [0.25, 0.3) is 0 Å². The van der Waals surface area contributed by atoms with E-state index in [1.54, 1.807) is 24.3 Å². The van der Waals surface area contributed by atoms with Crippen molar-refractivity contribution in [1.29, 1.82) is 5.26 Å². The van der Waals surface area contributed by atoms with E-state index in [0.29, 0.717) is 49.7 Å². The molecule has 2 aromatic heterocycles. The maximum absolute atomic E-state index is 13.4. The summed E-state index contributed by atoms with van der Waals surface area (Å²) in [6.07, 6.45) is 3.07. The molecule has 0 unspecified atom stereocenters. The summed E-state index contributed by atoms with van der Waals surface area (Å²) < 4.78 is 5.03. The number of thiophene rings is 1. The van der Waals surface area contributed by atoms with Crippen LogP contribution in [0.3, 0.4) is 0 Å². The van der Waals surface area contributed by atoms with Crippen molar-refractivity contribution in [3.05, 3.63) is 51.0 Å². The standard InChI is InChI=1S/C30H38N6O4S/c1-21-16-24(17-31)32-22(2)27(21)28(38)33-11-7-30(3,8-12-33)35-9-4-25(5-10-35)36(18-23-6-15-41-20-23)26(37)19-34-13-14-40-29(34)39/h6,15-16,20,25H,4-5,7-14,18-19H2,1-3H3. The molecule has 0 aliphatic carbocycles. The van der Waals surface area contributed by atoms with Gasteiger partial charge >= 0.3 is 6.09 Å². The van der Waals surface area contributed by atoms with Crippen LogP contribution in [0.4, 0.5) is 4.79 Å². The molecule has 10 nitrogen and oxygen atoms in total. The number of nitriles is 1. The summed E-state index contributed by atoms with van der Waals surface area (Å²) in [5, 5.41) is 13.3. The largest absolute Gasteiger partial charge is 0.448 e. The molecule has 0 saturated carbocycles. The maximum atomic E-state index is 13.4. The van der Waals surface area contributed by atoms with Gasteiger partial charge in [-0.15, -0.1) is 0 Å². The third-order valence-corrected chi connectivity index (χ3v) is 9.68. The van der Waals surface area contributed by atoms with Crippen LogP contribution in [0, 0.1) is 25.2 Å². The van der Waals surface area contributed by atoms with Crippen molar-refractivity contribution in [2.75, 3.05) is 45.9 Å². The fraction of sp³-hybridized carbons (Fsp3) is 0.567. The Morgan fingerprint density at radius 3 is 2.51 bits per heavy atom. The first-order valence-electron chi connectivity index (χ1n) is 14.3. The molecule has 0 bridgehead atoms. The lowest BCUT2D eigenvalue weighted by atomic mass is 9.85. The van der Waals surface area contributed by atoms with Gasteiger partial charge in [0.15, 0.2) is 0 Å². The molecule has 0 aromatic carbocycles. The lowest BCUT2D eigenvalue weighted by Gasteiger charge is -2.50. The number of piperidine rings is 2. The summed E-state index contributed by atoms with van der Waals surface area (Å²) in [5.74, 6) is -0.0448. The number of hydrogen-bond acceptors (Lipinski definition) is 8. The van der Waals surface area contributed by atoms with Gasteiger partial charge in [0.2, 0.25) is 5.91 Å². The minimum atomic E-state index is -0.415. The number of carbonyl (C=O) groups excluding carboxylic acids is 3. The van der Waals surface area contributed by atoms with E-state index in [0.717, 1.165) is 49.9 Å². The minimum absolute atomic E-state index is 0.0118. The van der Waals surface area contributed by atoms with Gasteiger partial charge in [0.25, 0.3) is 5.91 Å². The highest BCUT2D eigenvalue weighted by molar-refractivity contribution is 7.07. The first-order chi connectivity index (χ1) is 19.7. The van der Waals surface area contributed by atoms with Crippen LogP contribution in [-0.4, -0.2) is 99.9 Å². The number of likely N-dealkylation sites (tertiary alicyclic amines) is 2. The quantitative estimate of drug-likeness (QED) is 0.494. The highest BCUT2D eigenvalue weighted by Gasteiger charge is 2.40. The highest BCUT2D eigenvalue weighted by atomic mass is 32.1. The van der Waals surface area contributed by atoms with Crippen LogP contribution in [0.2, 0.25) is 0 Å². The second kappa shape index (κ2) is 12.2. The van der Waals surface area contributed by atoms with Crippen molar-refractivity contribution in [2.45, 2.75) is 64.6 Å². The van der Waals surface area contributed by atoms with Gasteiger partial charge in [0.1, 0.15) is 24.9 Å². The highest BCUT2D eigenvalue weighted by Crippen LogP contribution is 2.33. The molecule has 3 aliphatic heterocycles. The number of ether oxygens (including phenoxy) is 1. The smallest absolute Gasteiger partial charge is 0.410 e. The molecule has 3 saturated heterocycles. The first-order valence-corrected chi connectivity index (χ1v) is 15.3. The molecule has 3 aliphatic rings. The number of aryl methyl sites for hydroxylation is 2. The van der Waals surface area contributed by atoms with Crippen molar-refractivity contribution in [3.63, 3.8) is 0 Å². The number of cyclic esters (lactones) is 1. The molecule has 5 heterocycles. The van der Waals surface area contributed by atoms with Crippen molar-refractivity contribution in [3.8, 4) is 6.07 Å². The van der Waals surface area contributed by atoms with Crippen LogP contribution in [0.1, 0.15) is 65.5 Å². The zero-order valence-electron chi connectivity index (χ0n) is 24.1. The van der Waals surface area contributed by atoms with E-state index in [-0.39, 0.29) is 29.9 Å². The zero-order valence-corrected chi connectivity index (χ0v) is 24.9. The van der Waals surface area contributed by atoms with E-state index in [1.807, 2.05) is 22.1 Å². The number of aromatic nitrogens is 1. The molecule has 11 heteroatoms. The normalized spacial score (nSPS) is 19.6. The number of nitrogens with zero attached hydrogens (tertiary/aromatic N) is 6. The van der Waals surface area contributed by atoms with Crippen LogP contribution >= 0.6 is 11.3 Å². The van der Waals surface area contributed by atoms with Gasteiger partial charge in [-0.1, -0.05) is 0 Å². The number of amides is 3. The zero-order chi connectivity index (χ0) is 29.1. The average Bonchev–Trinajstić information content (AvgIpc) is 3.63. The third-order valence-electron chi connectivity index (χ3n) is 8.95. The molecule has 0 radical (unpaired) electrons. The van der Waals surface area contributed by atoms with Crippen LogP contribution < -0.4 is 0 Å². The summed E-state index contributed by atoms with van der Waals surface area (Å²) >= 11 is 1.62. The molecule has 0 spiro atoms. The molecule has 5 rings (SSSR count). The Morgan fingerprint density at radius 2 is 1.93 bits per heavy atom. The third kappa shape index (κ3) is 6.23. The number of pyridine rings is 1. The number of rotatable bonds is 7. The Labute approximate surface area is 245 Å². The molecule has 0 N–H and O–H groups in total. The predicted octanol–water partition coefficient (Wildman–Crippen LogP) is 3.57. The Balaban J connectivity index is 1.19. The van der Waals surface area contributed by atoms with E-state index in [4.69, 9.17) is 4.74 Å². The molecule has 218 valence electrons. The topological polar surface area (TPSA) is 110 Å². The lowest BCUT2D eigenvalue weighted by molar-refractivity contribution is -0.136. The van der Waals surface area contributed by atoms with E-state index in [9.17, 15) is 19.6 Å². The Morgan fingerprint density at radius 1 is 1.20 bits per heavy atom. The Hall–Kier alpha value is -3.49. The van der Waals surface area contributed by atoms with Gasteiger partial charge < -0.3 is 14.5 Å². The van der Waals surface area contributed by atoms with Crippen molar-refractivity contribution in [2.24, 2.45) is 0 Å². The van der Waals surface area contributed by atoms with E-state index in [1.165, 1.54) is 4.90 Å². The number of carbonyl (C=O) groups is 3. The second-order valence-corrected chi connectivity index (χ2v) is 12.4. The van der Waals surface area contributed by atoms with Crippen molar-refractivity contribution in [1.82, 2.24) is 24.6 Å². The first kappa shape index (κ1) is 29.0. The molecule has 3 amide bonds. The van der Waals surface area contributed by atoms with Crippen LogP contribution in [0.15, 0.2) is 22.9 Å². The summed E-state index contributed by atoms with van der Waals surface area (Å²) in [6.45, 7) is 10.4. The molecule has 0 atom stereocenters. The summed E-state index contributed by atoms with van der Waals surface area (Å²) in [5.41, 5.74) is 3.42. The molecule has 41 heavy (non-hydrogen) atoms. The SMILES string of the molecule is Cc1cc(C#N)nc(C)c1C(=O)N1CCC(C)(N2CCC(N(Cc3ccsc3)C(=O)CN3CCOC3=O)CC2)CC1. The van der Waals surface area contributed by atoms with E-state index >= 15 is 0 Å². The van der Waals surface area contributed by atoms with Gasteiger partial charge in [-0.05, 0) is 80.5 Å². The fourth-order valence-corrected chi connectivity index (χ4v) is 7.08. The van der Waals surface area contributed by atoms with Gasteiger partial charge in [-0.25, -0.2) is 9.78 Å². The van der Waals surface area contributed by atoms with Crippen molar-refractivity contribution < 1.29 is 19.1 Å². The average molecular weight is 579 g/mol. The van der Waals surface area contributed by atoms with Crippen LogP contribution in [0.5, 0.6) is 0 Å². The Kier molecular flexibility index (Phi) is 8.61. The van der Waals surface area contributed by atoms with Gasteiger partial charge in [-0.2, -0.15) is 16.6 Å². The minimum Gasteiger partial charge on any atom is -0.448 e. The van der Waals surface area contributed by atoms with Crippen LogP contribution in [-0.2, 0) is 16.1 Å². The summed E-state index contributed by atoms with van der Waals surface area (Å²) in [7, 11) is 0. The predicted molar refractivity (Wildman–Crippen MR) is 154 cm³/mol. The lowest BCUT2D eigenvalue weighted by Crippen LogP contribution is -2.58. The van der Waals surface area contributed by atoms with Gasteiger partial charge in [-0.3, -0.25) is 19.4 Å². The van der Waals surface area contributed by atoms with Gasteiger partial charge in [0, 0.05) is 44.3 Å². The molecular weight excluding hydrogens is 540 g/mol. The van der Waals surface area contributed by atoms with E-state index < -0.39 is 6.09 Å². The monoisotopic (exact) mass is 578 g/mol. The molecule has 3 fully saturated rings. The van der Waals surface area contributed by atoms with Crippen molar-refractivity contribution >= 4 is 29.2 Å². The summed E-state index contributed by atoms with van der Waals surface area (Å²) in [6, 6.07) is 5.91. The second-order valence-electron chi connectivity index (χ2n) is 11.6.